The van der Waals surface area contributed by atoms with E-state index in [-0.39, 0.29) is 5.91 Å². The predicted octanol–water partition coefficient (Wildman–Crippen LogP) is 5.75. The van der Waals surface area contributed by atoms with Gasteiger partial charge in [-0.1, -0.05) is 60.2 Å². The van der Waals surface area contributed by atoms with Crippen LogP contribution in [0.1, 0.15) is 54.7 Å². The normalized spacial score (nSPS) is 18.4. The van der Waals surface area contributed by atoms with Crippen LogP contribution in [0, 0.1) is 0 Å². The summed E-state index contributed by atoms with van der Waals surface area (Å²) < 4.78 is 0. The van der Waals surface area contributed by atoms with Gasteiger partial charge in [0.25, 0.3) is 0 Å². The monoisotopic (exact) mass is 422 g/mol. The zero-order chi connectivity index (χ0) is 20.8. The zero-order valence-corrected chi connectivity index (χ0v) is 18.4. The minimum Gasteiger partial charge on any atom is -0.342 e. The van der Waals surface area contributed by atoms with Gasteiger partial charge < -0.3 is 4.90 Å². The number of piperidine rings is 1. The Bertz CT molecular complexity index is 846. The average molecular weight is 423 g/mol. The first-order valence-electron chi connectivity index (χ1n) is 11.2. The second-order valence-corrected chi connectivity index (χ2v) is 8.97. The molecule has 2 aromatic rings. The second-order valence-electron chi connectivity index (χ2n) is 8.54. The minimum atomic E-state index is 0.228. The van der Waals surface area contributed by atoms with Crippen LogP contribution in [-0.2, 0) is 11.3 Å². The van der Waals surface area contributed by atoms with Gasteiger partial charge in [-0.2, -0.15) is 0 Å². The van der Waals surface area contributed by atoms with Crippen LogP contribution < -0.4 is 0 Å². The highest BCUT2D eigenvalue weighted by Crippen LogP contribution is 2.29. The van der Waals surface area contributed by atoms with Gasteiger partial charge in [-0.05, 0) is 73.5 Å². The lowest BCUT2D eigenvalue weighted by molar-refractivity contribution is -0.131. The summed E-state index contributed by atoms with van der Waals surface area (Å²) in [4.78, 5) is 17.1. The third kappa shape index (κ3) is 5.74. The quantitative estimate of drug-likeness (QED) is 0.592. The van der Waals surface area contributed by atoms with Crippen LogP contribution in [0.15, 0.2) is 54.6 Å². The van der Waals surface area contributed by atoms with Gasteiger partial charge in [-0.15, -0.1) is 0 Å². The lowest BCUT2D eigenvalue weighted by atomic mass is 9.89. The molecule has 2 saturated heterocycles. The standard InChI is InChI=1S/C26H31ClN2O/c27-25-12-10-23(11-13-25)24-14-18-29(19-15-24)26(30)5-3-4-21-6-8-22(9-7-21)20-28-16-1-2-17-28/h3-4,6-13,24H,1-2,5,14-20H2/b4-3+. The largest absolute Gasteiger partial charge is 0.342 e. The lowest BCUT2D eigenvalue weighted by Gasteiger charge is -2.32. The van der Waals surface area contributed by atoms with Gasteiger partial charge in [0.15, 0.2) is 0 Å². The number of halogens is 1. The van der Waals surface area contributed by atoms with E-state index in [1.807, 2.05) is 23.1 Å². The van der Waals surface area contributed by atoms with Crippen molar-refractivity contribution in [1.82, 2.24) is 9.80 Å². The minimum absolute atomic E-state index is 0.228. The van der Waals surface area contributed by atoms with E-state index in [2.05, 4.69) is 47.4 Å². The second kappa shape index (κ2) is 10.3. The summed E-state index contributed by atoms with van der Waals surface area (Å²) in [6, 6.07) is 16.9. The van der Waals surface area contributed by atoms with E-state index >= 15 is 0 Å². The molecule has 3 nitrogen and oxygen atoms in total. The van der Waals surface area contributed by atoms with Crippen molar-refractivity contribution in [2.75, 3.05) is 26.2 Å². The van der Waals surface area contributed by atoms with Crippen molar-refractivity contribution in [2.45, 2.75) is 44.6 Å². The molecule has 2 heterocycles. The SMILES string of the molecule is O=C(C/C=C/c1ccc(CN2CCCC2)cc1)N1CCC(c2ccc(Cl)cc2)CC1. The molecule has 0 aliphatic carbocycles. The molecule has 2 aliphatic rings. The van der Waals surface area contributed by atoms with Gasteiger partial charge in [0, 0.05) is 31.1 Å². The Balaban J connectivity index is 1.21. The maximum atomic E-state index is 12.6. The molecule has 2 fully saturated rings. The molecule has 158 valence electrons. The first-order chi connectivity index (χ1) is 14.7. The van der Waals surface area contributed by atoms with Crippen LogP contribution in [-0.4, -0.2) is 41.9 Å². The molecule has 0 aromatic heterocycles. The highest BCUT2D eigenvalue weighted by Gasteiger charge is 2.23. The highest BCUT2D eigenvalue weighted by atomic mass is 35.5. The summed E-state index contributed by atoms with van der Waals surface area (Å²) in [5.41, 5.74) is 3.86. The van der Waals surface area contributed by atoms with Crippen molar-refractivity contribution >= 4 is 23.6 Å². The molecule has 0 atom stereocenters. The summed E-state index contributed by atoms with van der Waals surface area (Å²) in [5, 5.41) is 0.777. The van der Waals surface area contributed by atoms with Crippen LogP contribution in [0.2, 0.25) is 5.02 Å². The fourth-order valence-corrected chi connectivity index (χ4v) is 4.68. The molecule has 2 aliphatic heterocycles. The topological polar surface area (TPSA) is 23.6 Å². The number of carbonyl (C=O) groups is 1. The van der Waals surface area contributed by atoms with Crippen molar-refractivity contribution in [1.29, 1.82) is 0 Å². The molecule has 0 radical (unpaired) electrons. The summed E-state index contributed by atoms with van der Waals surface area (Å²) in [7, 11) is 0. The van der Waals surface area contributed by atoms with Gasteiger partial charge >= 0.3 is 0 Å². The summed E-state index contributed by atoms with van der Waals surface area (Å²) >= 11 is 5.99. The van der Waals surface area contributed by atoms with Crippen molar-refractivity contribution in [3.8, 4) is 0 Å². The molecule has 0 bridgehead atoms. The van der Waals surface area contributed by atoms with E-state index in [1.165, 1.54) is 37.1 Å². The number of benzene rings is 2. The predicted molar refractivity (Wildman–Crippen MR) is 125 cm³/mol. The fourth-order valence-electron chi connectivity index (χ4n) is 4.56. The van der Waals surface area contributed by atoms with Gasteiger partial charge in [-0.25, -0.2) is 0 Å². The smallest absolute Gasteiger partial charge is 0.226 e. The zero-order valence-electron chi connectivity index (χ0n) is 17.6. The van der Waals surface area contributed by atoms with E-state index in [0.29, 0.717) is 12.3 Å². The molecular weight excluding hydrogens is 392 g/mol. The molecule has 0 saturated carbocycles. The first-order valence-corrected chi connectivity index (χ1v) is 11.6. The number of hydrogen-bond acceptors (Lipinski definition) is 2. The third-order valence-corrected chi connectivity index (χ3v) is 6.63. The maximum Gasteiger partial charge on any atom is 0.226 e. The molecule has 1 amide bonds. The van der Waals surface area contributed by atoms with E-state index in [4.69, 9.17) is 11.6 Å². The summed E-state index contributed by atoms with van der Waals surface area (Å²) in [5.74, 6) is 0.757. The van der Waals surface area contributed by atoms with Gasteiger partial charge in [-0.3, -0.25) is 9.69 Å². The Morgan fingerprint density at radius 1 is 0.933 bits per heavy atom. The molecule has 4 rings (SSSR count). The number of amides is 1. The Kier molecular flexibility index (Phi) is 7.24. The third-order valence-electron chi connectivity index (χ3n) is 6.38. The summed E-state index contributed by atoms with van der Waals surface area (Å²) in [6.45, 7) is 5.17. The van der Waals surface area contributed by atoms with Crippen LogP contribution in [0.3, 0.4) is 0 Å². The average Bonchev–Trinajstić information content (AvgIpc) is 3.29. The highest BCUT2D eigenvalue weighted by molar-refractivity contribution is 6.30. The fraction of sp³-hybridized carbons (Fsp3) is 0.423. The Labute approximate surface area is 185 Å². The number of likely N-dealkylation sites (tertiary alicyclic amines) is 2. The molecule has 30 heavy (non-hydrogen) atoms. The van der Waals surface area contributed by atoms with Crippen molar-refractivity contribution < 1.29 is 4.79 Å². The van der Waals surface area contributed by atoms with Gasteiger partial charge in [0.1, 0.15) is 0 Å². The number of rotatable bonds is 6. The number of nitrogens with zero attached hydrogens (tertiary/aromatic N) is 2. The van der Waals surface area contributed by atoms with Gasteiger partial charge in [0.2, 0.25) is 5.91 Å². The molecule has 2 aromatic carbocycles. The maximum absolute atomic E-state index is 12.6. The van der Waals surface area contributed by atoms with Crippen molar-refractivity contribution in [2.24, 2.45) is 0 Å². The van der Waals surface area contributed by atoms with Crippen LogP contribution in [0.4, 0.5) is 0 Å². The van der Waals surface area contributed by atoms with Crippen molar-refractivity contribution in [3.05, 3.63) is 76.3 Å². The molecular formula is C26H31ClN2O. The number of hydrogen-bond donors (Lipinski definition) is 0. The van der Waals surface area contributed by atoms with E-state index in [9.17, 15) is 4.79 Å². The van der Waals surface area contributed by atoms with Gasteiger partial charge in [0.05, 0.1) is 0 Å². The molecule has 0 unspecified atom stereocenters. The van der Waals surface area contributed by atoms with Crippen molar-refractivity contribution in [3.63, 3.8) is 0 Å². The van der Waals surface area contributed by atoms with Crippen LogP contribution >= 0.6 is 11.6 Å². The Morgan fingerprint density at radius 3 is 2.27 bits per heavy atom. The van der Waals surface area contributed by atoms with Crippen LogP contribution in [0.25, 0.3) is 6.08 Å². The Hall–Kier alpha value is -2.10. The Morgan fingerprint density at radius 2 is 1.60 bits per heavy atom. The lowest BCUT2D eigenvalue weighted by Crippen LogP contribution is -2.37. The van der Waals surface area contributed by atoms with Crippen LogP contribution in [0.5, 0.6) is 0 Å². The number of carbonyl (C=O) groups excluding carboxylic acids is 1. The first kappa shape index (κ1) is 21.1. The molecule has 0 spiro atoms. The van der Waals surface area contributed by atoms with E-state index in [0.717, 1.165) is 43.1 Å². The van der Waals surface area contributed by atoms with E-state index in [1.54, 1.807) is 0 Å². The van der Waals surface area contributed by atoms with E-state index < -0.39 is 0 Å². The summed E-state index contributed by atoms with van der Waals surface area (Å²) in [6.07, 6.45) is 9.24. The molecule has 0 N–H and O–H groups in total. The molecule has 4 heteroatoms.